The van der Waals surface area contributed by atoms with E-state index < -0.39 is 12.6 Å². The Morgan fingerprint density at radius 3 is 2.79 bits per heavy atom. The first kappa shape index (κ1) is 13.3. The van der Waals surface area contributed by atoms with Gasteiger partial charge in [-0.25, -0.2) is 5.84 Å². The number of nitrogen functional groups attached to an aromatic ring is 1. The predicted molar refractivity (Wildman–Crippen MR) is 63.3 cm³/mol. The molecule has 10 heteroatoms. The van der Waals surface area contributed by atoms with Crippen molar-refractivity contribution in [3.63, 3.8) is 0 Å². The first-order valence-electron chi connectivity index (χ1n) is 5.48. The van der Waals surface area contributed by atoms with Gasteiger partial charge in [-0.2, -0.15) is 28.2 Å². The van der Waals surface area contributed by atoms with Crippen LogP contribution in [0.5, 0.6) is 0 Å². The summed E-state index contributed by atoms with van der Waals surface area (Å²) in [6.07, 6.45) is -3.55. The highest BCUT2D eigenvalue weighted by Gasteiger charge is 2.25. The number of rotatable bonds is 5. The maximum Gasteiger partial charge on any atom is 0.389 e. The molecule has 0 aliphatic rings. The van der Waals surface area contributed by atoms with E-state index in [9.17, 15) is 13.2 Å². The van der Waals surface area contributed by atoms with Crippen LogP contribution < -0.4 is 16.6 Å². The van der Waals surface area contributed by atoms with E-state index in [1.165, 1.54) is 6.20 Å². The standard InChI is InChI=1S/C9H12F3N7/c10-9(11,12)2-1-3-14-6-5-4-15-19-7(5)17-8(16-6)18-13/h4H,1-3,13H2,(H3,14,15,16,17,18,19). The summed E-state index contributed by atoms with van der Waals surface area (Å²) in [6, 6.07) is 0. The Balaban J connectivity index is 2.05. The zero-order valence-corrected chi connectivity index (χ0v) is 9.75. The van der Waals surface area contributed by atoms with E-state index >= 15 is 0 Å². The van der Waals surface area contributed by atoms with Crippen molar-refractivity contribution in [3.05, 3.63) is 6.20 Å². The lowest BCUT2D eigenvalue weighted by Crippen LogP contribution is -2.14. The monoisotopic (exact) mass is 275 g/mol. The number of nitrogens with two attached hydrogens (primary N) is 1. The molecule has 2 heterocycles. The summed E-state index contributed by atoms with van der Waals surface area (Å²) in [5.74, 6) is 5.74. The van der Waals surface area contributed by atoms with Crippen molar-refractivity contribution in [1.82, 2.24) is 20.2 Å². The summed E-state index contributed by atoms with van der Waals surface area (Å²) in [5.41, 5.74) is 2.72. The van der Waals surface area contributed by atoms with Crippen LogP contribution in [-0.2, 0) is 0 Å². The van der Waals surface area contributed by atoms with Crippen molar-refractivity contribution in [3.8, 4) is 0 Å². The largest absolute Gasteiger partial charge is 0.389 e. The molecule has 0 saturated heterocycles. The number of alkyl halides is 3. The van der Waals surface area contributed by atoms with E-state index in [1.807, 2.05) is 0 Å². The number of H-pyrrole nitrogens is 1. The van der Waals surface area contributed by atoms with Crippen LogP contribution in [-0.4, -0.2) is 32.9 Å². The number of hydrogen-bond acceptors (Lipinski definition) is 6. The normalized spacial score (nSPS) is 11.8. The lowest BCUT2D eigenvalue weighted by atomic mass is 10.3. The fourth-order valence-corrected chi connectivity index (χ4v) is 1.53. The maximum absolute atomic E-state index is 12.0. The van der Waals surface area contributed by atoms with Crippen molar-refractivity contribution in [2.24, 2.45) is 5.84 Å². The molecule has 0 bridgehead atoms. The van der Waals surface area contributed by atoms with Crippen LogP contribution >= 0.6 is 0 Å². The molecule has 5 N–H and O–H groups in total. The summed E-state index contributed by atoms with van der Waals surface area (Å²) in [5, 5.41) is 9.82. The molecular weight excluding hydrogens is 263 g/mol. The molecule has 2 aromatic heterocycles. The van der Waals surface area contributed by atoms with Crippen LogP contribution in [0.4, 0.5) is 24.9 Å². The van der Waals surface area contributed by atoms with Gasteiger partial charge in [-0.3, -0.25) is 10.5 Å². The van der Waals surface area contributed by atoms with Gasteiger partial charge in [0.25, 0.3) is 0 Å². The number of anilines is 2. The number of hydrazine groups is 1. The van der Waals surface area contributed by atoms with Crippen molar-refractivity contribution in [1.29, 1.82) is 0 Å². The van der Waals surface area contributed by atoms with Crippen molar-refractivity contribution in [2.75, 3.05) is 17.3 Å². The van der Waals surface area contributed by atoms with E-state index in [4.69, 9.17) is 5.84 Å². The van der Waals surface area contributed by atoms with E-state index in [0.29, 0.717) is 16.9 Å². The Hall–Kier alpha value is -2.10. The second kappa shape index (κ2) is 5.26. The van der Waals surface area contributed by atoms with E-state index in [-0.39, 0.29) is 18.9 Å². The number of hydrogen-bond donors (Lipinski definition) is 4. The van der Waals surface area contributed by atoms with Crippen LogP contribution in [0.25, 0.3) is 11.0 Å². The highest BCUT2D eigenvalue weighted by atomic mass is 19.4. The van der Waals surface area contributed by atoms with Crippen molar-refractivity contribution < 1.29 is 13.2 Å². The van der Waals surface area contributed by atoms with Gasteiger partial charge in [-0.15, -0.1) is 0 Å². The zero-order valence-electron chi connectivity index (χ0n) is 9.75. The maximum atomic E-state index is 12.0. The average Bonchev–Trinajstić information content (AvgIpc) is 2.81. The Morgan fingerprint density at radius 2 is 2.11 bits per heavy atom. The molecule has 0 aliphatic carbocycles. The summed E-state index contributed by atoms with van der Waals surface area (Å²) in [4.78, 5) is 8.02. The lowest BCUT2D eigenvalue weighted by molar-refractivity contribution is -0.134. The molecule has 104 valence electrons. The van der Waals surface area contributed by atoms with Crippen molar-refractivity contribution >= 4 is 22.8 Å². The van der Waals surface area contributed by atoms with Gasteiger partial charge in [0, 0.05) is 13.0 Å². The van der Waals surface area contributed by atoms with Gasteiger partial charge in [0.05, 0.1) is 11.6 Å². The second-order valence-corrected chi connectivity index (χ2v) is 3.82. The molecule has 0 aliphatic heterocycles. The quantitative estimate of drug-likeness (QED) is 0.373. The summed E-state index contributed by atoms with van der Waals surface area (Å²) < 4.78 is 36.0. The predicted octanol–water partition coefficient (Wildman–Crippen LogP) is 1.39. The minimum absolute atomic E-state index is 0.0434. The van der Waals surface area contributed by atoms with E-state index in [0.717, 1.165) is 0 Å². The minimum atomic E-state index is -4.15. The van der Waals surface area contributed by atoms with Gasteiger partial charge in [-0.05, 0) is 6.42 Å². The third-order valence-electron chi connectivity index (χ3n) is 2.37. The summed E-state index contributed by atoms with van der Waals surface area (Å²) in [6.45, 7) is 0.140. The molecule has 0 atom stereocenters. The number of aromatic amines is 1. The molecule has 0 spiro atoms. The summed E-state index contributed by atoms with van der Waals surface area (Å²) >= 11 is 0. The van der Waals surface area contributed by atoms with Gasteiger partial charge in [0.2, 0.25) is 5.95 Å². The van der Waals surface area contributed by atoms with Crippen LogP contribution in [0.15, 0.2) is 6.20 Å². The highest BCUT2D eigenvalue weighted by Crippen LogP contribution is 2.22. The summed E-state index contributed by atoms with van der Waals surface area (Å²) in [7, 11) is 0. The SMILES string of the molecule is NNc1nc(NCCCC(F)(F)F)c2cn[nH]c2n1. The molecule has 7 nitrogen and oxygen atoms in total. The van der Waals surface area contributed by atoms with Crippen molar-refractivity contribution in [2.45, 2.75) is 19.0 Å². The van der Waals surface area contributed by atoms with Gasteiger partial charge < -0.3 is 5.32 Å². The zero-order chi connectivity index (χ0) is 13.9. The number of halogens is 3. The molecule has 0 saturated carbocycles. The van der Waals surface area contributed by atoms with Gasteiger partial charge in [0.1, 0.15) is 5.82 Å². The molecule has 0 unspecified atom stereocenters. The van der Waals surface area contributed by atoms with E-state index in [2.05, 4.69) is 30.9 Å². The smallest absolute Gasteiger partial charge is 0.369 e. The molecule has 0 radical (unpaired) electrons. The molecule has 0 amide bonds. The number of fused-ring (bicyclic) bond motifs is 1. The topological polar surface area (TPSA) is 105 Å². The molecule has 19 heavy (non-hydrogen) atoms. The Bertz CT molecular complexity index is 550. The molecular formula is C9H12F3N7. The number of nitrogens with one attached hydrogen (secondary N) is 3. The van der Waals surface area contributed by atoms with Crippen LogP contribution in [0.3, 0.4) is 0 Å². The Labute approximate surface area is 105 Å². The fourth-order valence-electron chi connectivity index (χ4n) is 1.53. The Kier molecular flexibility index (Phi) is 3.69. The number of aromatic nitrogens is 4. The number of nitrogens with zero attached hydrogens (tertiary/aromatic N) is 3. The lowest BCUT2D eigenvalue weighted by Gasteiger charge is -2.09. The molecule has 2 rings (SSSR count). The highest BCUT2D eigenvalue weighted by molar-refractivity contribution is 5.86. The first-order chi connectivity index (χ1) is 8.99. The first-order valence-corrected chi connectivity index (χ1v) is 5.48. The fraction of sp³-hybridized carbons (Fsp3) is 0.444. The van der Waals surface area contributed by atoms with Crippen LogP contribution in [0.2, 0.25) is 0 Å². The van der Waals surface area contributed by atoms with Gasteiger partial charge >= 0.3 is 6.18 Å². The second-order valence-electron chi connectivity index (χ2n) is 3.82. The third-order valence-corrected chi connectivity index (χ3v) is 2.37. The third kappa shape index (κ3) is 3.44. The molecule has 0 aromatic carbocycles. The average molecular weight is 275 g/mol. The molecule has 0 fully saturated rings. The van der Waals surface area contributed by atoms with Gasteiger partial charge in [-0.1, -0.05) is 0 Å². The van der Waals surface area contributed by atoms with Gasteiger partial charge in [0.15, 0.2) is 5.65 Å². The van der Waals surface area contributed by atoms with E-state index in [1.54, 1.807) is 0 Å². The van der Waals surface area contributed by atoms with Crippen LogP contribution in [0.1, 0.15) is 12.8 Å². The minimum Gasteiger partial charge on any atom is -0.369 e. The molecule has 2 aromatic rings. The van der Waals surface area contributed by atoms with Crippen LogP contribution in [0, 0.1) is 0 Å². The Morgan fingerprint density at radius 1 is 1.32 bits per heavy atom.